The first-order valence-corrected chi connectivity index (χ1v) is 7.00. The van der Waals surface area contributed by atoms with Crippen molar-refractivity contribution in [3.63, 3.8) is 0 Å². The van der Waals surface area contributed by atoms with Crippen molar-refractivity contribution in [2.75, 3.05) is 19.6 Å². The summed E-state index contributed by atoms with van der Waals surface area (Å²) in [6.07, 6.45) is 5.41. The van der Waals surface area contributed by atoms with Gasteiger partial charge in [0.25, 0.3) is 0 Å². The molecule has 5 nitrogen and oxygen atoms in total. The molecule has 0 spiro atoms. The third-order valence-electron chi connectivity index (χ3n) is 4.75. The minimum atomic E-state index is -0.263. The predicted molar refractivity (Wildman–Crippen MR) is 66.7 cm³/mol. The molecular formula is C13H21N3O2. The molecule has 0 aromatic carbocycles. The first-order valence-electron chi connectivity index (χ1n) is 7.00. The molecule has 1 saturated heterocycles. The van der Waals surface area contributed by atoms with Crippen molar-refractivity contribution in [3.8, 4) is 0 Å². The average Bonchev–Trinajstić information content (AvgIpc) is 2.99. The molecule has 4 atom stereocenters. The summed E-state index contributed by atoms with van der Waals surface area (Å²) in [6, 6.07) is -0.263. The van der Waals surface area contributed by atoms with E-state index < -0.39 is 0 Å². The summed E-state index contributed by atoms with van der Waals surface area (Å²) in [5.41, 5.74) is 0. The molecule has 0 radical (unpaired) electrons. The zero-order chi connectivity index (χ0) is 12.5. The molecule has 5 heteroatoms. The van der Waals surface area contributed by atoms with Gasteiger partial charge in [0, 0.05) is 13.1 Å². The zero-order valence-electron chi connectivity index (χ0n) is 10.6. The Kier molecular flexibility index (Phi) is 3.24. The highest BCUT2D eigenvalue weighted by molar-refractivity contribution is 5.86. The van der Waals surface area contributed by atoms with Crippen LogP contribution < -0.4 is 16.0 Å². The van der Waals surface area contributed by atoms with Crippen molar-refractivity contribution in [2.24, 2.45) is 17.8 Å². The summed E-state index contributed by atoms with van der Waals surface area (Å²) in [7, 11) is 0. The number of carbonyl (C=O) groups excluding carboxylic acids is 2. The van der Waals surface area contributed by atoms with Gasteiger partial charge in [-0.2, -0.15) is 0 Å². The molecule has 2 saturated carbocycles. The molecule has 3 fully saturated rings. The number of piperazine rings is 1. The maximum atomic E-state index is 11.9. The van der Waals surface area contributed by atoms with Crippen LogP contribution in [-0.2, 0) is 9.59 Å². The van der Waals surface area contributed by atoms with Gasteiger partial charge in [-0.15, -0.1) is 0 Å². The van der Waals surface area contributed by atoms with E-state index in [0.29, 0.717) is 12.5 Å². The second-order valence-electron chi connectivity index (χ2n) is 5.92. The number of carbonyl (C=O) groups is 2. The maximum Gasteiger partial charge on any atom is 0.238 e. The number of amides is 2. The lowest BCUT2D eigenvalue weighted by atomic mass is 9.89. The van der Waals surface area contributed by atoms with Crippen molar-refractivity contribution < 1.29 is 9.59 Å². The molecule has 18 heavy (non-hydrogen) atoms. The van der Waals surface area contributed by atoms with Gasteiger partial charge in [0.05, 0.1) is 6.54 Å². The topological polar surface area (TPSA) is 70.2 Å². The second-order valence-corrected chi connectivity index (χ2v) is 5.92. The fraction of sp³-hybridized carbons (Fsp3) is 0.846. The molecule has 1 aliphatic heterocycles. The van der Waals surface area contributed by atoms with Gasteiger partial charge in [-0.3, -0.25) is 14.9 Å². The molecule has 3 rings (SSSR count). The minimum absolute atomic E-state index is 0.0257. The van der Waals surface area contributed by atoms with E-state index >= 15 is 0 Å². The van der Waals surface area contributed by atoms with Crippen LogP contribution in [0, 0.1) is 17.8 Å². The summed E-state index contributed by atoms with van der Waals surface area (Å²) in [4.78, 5) is 22.9. The van der Waals surface area contributed by atoms with Crippen molar-refractivity contribution in [2.45, 2.75) is 31.7 Å². The van der Waals surface area contributed by atoms with Gasteiger partial charge in [-0.05, 0) is 37.0 Å². The van der Waals surface area contributed by atoms with Gasteiger partial charge in [-0.1, -0.05) is 6.42 Å². The molecule has 1 heterocycles. The number of fused-ring (bicyclic) bond motifs is 2. The van der Waals surface area contributed by atoms with Crippen LogP contribution in [0.25, 0.3) is 0 Å². The Morgan fingerprint density at radius 3 is 2.83 bits per heavy atom. The van der Waals surface area contributed by atoms with Crippen LogP contribution in [0.1, 0.15) is 25.7 Å². The van der Waals surface area contributed by atoms with E-state index in [0.717, 1.165) is 18.4 Å². The quantitative estimate of drug-likeness (QED) is 0.641. The van der Waals surface area contributed by atoms with Gasteiger partial charge >= 0.3 is 0 Å². The summed E-state index contributed by atoms with van der Waals surface area (Å²) in [5.74, 6) is 2.44. The van der Waals surface area contributed by atoms with Crippen LogP contribution in [-0.4, -0.2) is 37.5 Å². The van der Waals surface area contributed by atoms with Crippen molar-refractivity contribution >= 4 is 11.8 Å². The Bertz CT molecular complexity index is 348. The van der Waals surface area contributed by atoms with E-state index in [1.807, 2.05) is 0 Å². The Morgan fingerprint density at radius 1 is 1.33 bits per heavy atom. The molecular weight excluding hydrogens is 230 g/mol. The molecule has 0 aromatic rings. The Hall–Kier alpha value is -1.10. The fourth-order valence-corrected chi connectivity index (χ4v) is 3.73. The smallest absolute Gasteiger partial charge is 0.238 e. The van der Waals surface area contributed by atoms with Crippen LogP contribution >= 0.6 is 0 Å². The van der Waals surface area contributed by atoms with Crippen LogP contribution in [0.15, 0.2) is 0 Å². The molecule has 4 unspecified atom stereocenters. The normalized spacial score (nSPS) is 38.6. The maximum absolute atomic E-state index is 11.9. The highest BCUT2D eigenvalue weighted by Gasteiger charge is 2.39. The van der Waals surface area contributed by atoms with Gasteiger partial charge in [0.1, 0.15) is 6.04 Å². The van der Waals surface area contributed by atoms with E-state index in [1.54, 1.807) is 0 Å². The van der Waals surface area contributed by atoms with Gasteiger partial charge in [0.2, 0.25) is 11.8 Å². The monoisotopic (exact) mass is 251 g/mol. The molecule has 0 aromatic heterocycles. The van der Waals surface area contributed by atoms with Crippen molar-refractivity contribution in [1.82, 2.24) is 16.0 Å². The van der Waals surface area contributed by atoms with E-state index in [4.69, 9.17) is 0 Å². The summed E-state index contributed by atoms with van der Waals surface area (Å²) in [6.45, 7) is 1.46. The molecule has 2 amide bonds. The van der Waals surface area contributed by atoms with Crippen LogP contribution in [0.3, 0.4) is 0 Å². The third-order valence-corrected chi connectivity index (χ3v) is 4.75. The van der Waals surface area contributed by atoms with E-state index in [2.05, 4.69) is 16.0 Å². The largest absolute Gasteiger partial charge is 0.354 e. The lowest BCUT2D eigenvalue weighted by Crippen LogP contribution is -2.58. The zero-order valence-corrected chi connectivity index (χ0v) is 10.6. The number of rotatable bonds is 3. The van der Waals surface area contributed by atoms with E-state index in [1.165, 1.54) is 25.7 Å². The van der Waals surface area contributed by atoms with Gasteiger partial charge in [-0.25, -0.2) is 0 Å². The predicted octanol–water partition coefficient (Wildman–Crippen LogP) is -0.373. The minimum Gasteiger partial charge on any atom is -0.354 e. The lowest BCUT2D eigenvalue weighted by molar-refractivity contribution is -0.126. The number of nitrogens with one attached hydrogen (secondary N) is 3. The molecule has 3 aliphatic rings. The summed E-state index contributed by atoms with van der Waals surface area (Å²) >= 11 is 0. The Labute approximate surface area is 107 Å². The highest BCUT2D eigenvalue weighted by atomic mass is 16.2. The first kappa shape index (κ1) is 12.0. The van der Waals surface area contributed by atoms with Crippen LogP contribution in [0.2, 0.25) is 0 Å². The molecule has 100 valence electrons. The average molecular weight is 251 g/mol. The van der Waals surface area contributed by atoms with Crippen molar-refractivity contribution in [1.29, 1.82) is 0 Å². The second kappa shape index (κ2) is 4.88. The highest BCUT2D eigenvalue weighted by Crippen LogP contribution is 2.47. The Balaban J connectivity index is 1.43. The molecule has 2 aliphatic carbocycles. The summed E-state index contributed by atoms with van der Waals surface area (Å²) < 4.78 is 0. The lowest BCUT2D eigenvalue weighted by Gasteiger charge is -2.26. The summed E-state index contributed by atoms with van der Waals surface area (Å²) in [5, 5.41) is 8.70. The van der Waals surface area contributed by atoms with E-state index in [9.17, 15) is 9.59 Å². The van der Waals surface area contributed by atoms with Gasteiger partial charge < -0.3 is 10.6 Å². The third kappa shape index (κ3) is 2.36. The molecule has 3 N–H and O–H groups in total. The van der Waals surface area contributed by atoms with Crippen LogP contribution in [0.4, 0.5) is 0 Å². The van der Waals surface area contributed by atoms with Crippen molar-refractivity contribution in [3.05, 3.63) is 0 Å². The first-order chi connectivity index (χ1) is 8.72. The van der Waals surface area contributed by atoms with Crippen LogP contribution in [0.5, 0.6) is 0 Å². The van der Waals surface area contributed by atoms with E-state index in [-0.39, 0.29) is 24.4 Å². The SMILES string of the molecule is O=C1CNC(C(=O)NCC2CC3CCC2C3)CN1. The number of hydrogen-bond donors (Lipinski definition) is 3. The molecule has 2 bridgehead atoms. The Morgan fingerprint density at radius 2 is 2.22 bits per heavy atom. The van der Waals surface area contributed by atoms with Gasteiger partial charge in [0.15, 0.2) is 0 Å². The fourth-order valence-electron chi connectivity index (χ4n) is 3.73. The standard InChI is InChI=1S/C13H21N3O2/c17-12-7-14-11(6-15-12)13(18)16-5-10-4-8-1-2-9(10)3-8/h8-11,14H,1-7H2,(H,15,17)(H,16,18). The number of hydrogen-bond acceptors (Lipinski definition) is 3.